The molecule has 6 heteroatoms. The topological polar surface area (TPSA) is 68.0 Å². The van der Waals surface area contributed by atoms with E-state index in [0.717, 1.165) is 11.3 Å². The average molecular weight is 280 g/mol. The third-order valence-electron chi connectivity index (χ3n) is 2.50. The molecule has 0 saturated carbocycles. The molecule has 0 bridgehead atoms. The predicted molar refractivity (Wildman–Crippen MR) is 74.9 cm³/mol. The number of aryl methyl sites for hydroxylation is 1. The van der Waals surface area contributed by atoms with E-state index in [2.05, 4.69) is 10.3 Å². The van der Waals surface area contributed by atoms with E-state index in [0.29, 0.717) is 0 Å². The van der Waals surface area contributed by atoms with Gasteiger partial charge in [0, 0.05) is 12.2 Å². The molecular weight excluding hydrogens is 261 g/mol. The minimum atomic E-state index is -0.204. The summed E-state index contributed by atoms with van der Waals surface area (Å²) in [6.07, 6.45) is 3.33. The first kappa shape index (κ1) is 18.5. The second-order valence-electron chi connectivity index (χ2n) is 3.83. The summed E-state index contributed by atoms with van der Waals surface area (Å²) in [6, 6.07) is 1.70. The number of rotatable bonds is 3. The second kappa shape index (κ2) is 8.28. The first-order chi connectivity index (χ1) is 7.02. The fraction of sp³-hybridized carbons (Fsp3) is 0.455. The fourth-order valence-corrected chi connectivity index (χ4v) is 1.08. The Bertz CT molecular complexity index is 358. The van der Waals surface area contributed by atoms with Crippen molar-refractivity contribution in [3.8, 4) is 0 Å². The van der Waals surface area contributed by atoms with Crippen molar-refractivity contribution in [1.29, 1.82) is 0 Å². The maximum Gasteiger partial charge on any atom is 0.228 e. The number of carbonyl (C=O) groups excluding carboxylic acids is 1. The van der Waals surface area contributed by atoms with Crippen molar-refractivity contribution in [2.75, 3.05) is 5.32 Å². The number of anilines is 1. The largest absolute Gasteiger partial charge is 0.327 e. The van der Waals surface area contributed by atoms with Crippen molar-refractivity contribution < 1.29 is 4.79 Å². The first-order valence-electron chi connectivity index (χ1n) is 4.99. The molecule has 1 heterocycles. The molecule has 17 heavy (non-hydrogen) atoms. The highest BCUT2D eigenvalue weighted by Crippen LogP contribution is 2.13. The lowest BCUT2D eigenvalue weighted by Gasteiger charge is -2.15. The van der Waals surface area contributed by atoms with E-state index < -0.39 is 0 Å². The Hall–Kier alpha value is -0.840. The molecule has 0 spiro atoms. The lowest BCUT2D eigenvalue weighted by molar-refractivity contribution is -0.119. The zero-order chi connectivity index (χ0) is 11.4. The minimum Gasteiger partial charge on any atom is -0.327 e. The lowest BCUT2D eigenvalue weighted by atomic mass is 10.0. The highest BCUT2D eigenvalue weighted by Gasteiger charge is 2.17. The van der Waals surface area contributed by atoms with Gasteiger partial charge in [-0.1, -0.05) is 6.92 Å². The molecular formula is C11H19Cl2N3O. The number of nitrogens with zero attached hydrogens (tertiary/aromatic N) is 1. The number of hydrogen-bond acceptors (Lipinski definition) is 3. The Morgan fingerprint density at radius 1 is 1.41 bits per heavy atom. The van der Waals surface area contributed by atoms with E-state index in [-0.39, 0.29) is 42.7 Å². The van der Waals surface area contributed by atoms with Gasteiger partial charge in [0.05, 0.1) is 17.8 Å². The number of nitrogens with one attached hydrogen (secondary N) is 1. The summed E-state index contributed by atoms with van der Waals surface area (Å²) in [5, 5.41) is 2.81. The smallest absolute Gasteiger partial charge is 0.228 e. The van der Waals surface area contributed by atoms with Gasteiger partial charge >= 0.3 is 0 Å². The van der Waals surface area contributed by atoms with Gasteiger partial charge in [-0.2, -0.15) is 0 Å². The molecule has 0 aliphatic carbocycles. The van der Waals surface area contributed by atoms with Gasteiger partial charge in [-0.05, 0) is 25.5 Å². The maximum absolute atomic E-state index is 11.7. The molecule has 0 radical (unpaired) electrons. The van der Waals surface area contributed by atoms with Crippen molar-refractivity contribution >= 4 is 36.4 Å². The van der Waals surface area contributed by atoms with Crippen LogP contribution >= 0.6 is 24.8 Å². The average Bonchev–Trinajstić information content (AvgIpc) is 2.20. The zero-order valence-electron chi connectivity index (χ0n) is 10.1. The first-order valence-corrected chi connectivity index (χ1v) is 4.99. The lowest BCUT2D eigenvalue weighted by Crippen LogP contribution is -2.34. The van der Waals surface area contributed by atoms with Crippen LogP contribution in [0.1, 0.15) is 19.4 Å². The molecule has 0 saturated heterocycles. The third kappa shape index (κ3) is 5.35. The summed E-state index contributed by atoms with van der Waals surface area (Å²) in [4.78, 5) is 15.6. The van der Waals surface area contributed by atoms with Gasteiger partial charge < -0.3 is 11.1 Å². The summed E-state index contributed by atoms with van der Waals surface area (Å²) < 4.78 is 0. The third-order valence-corrected chi connectivity index (χ3v) is 2.50. The van der Waals surface area contributed by atoms with Gasteiger partial charge in [-0.25, -0.2) is 0 Å². The standard InChI is InChI=1S/C11H17N3O.2ClH/c1-7-4-5-13-6-10(7)14-11(15)8(2)9(3)12;;/h4-6,8-9H,12H2,1-3H3,(H,14,15);2*1H. The Kier molecular flexibility index (Phi) is 9.02. The summed E-state index contributed by atoms with van der Waals surface area (Å²) >= 11 is 0. The summed E-state index contributed by atoms with van der Waals surface area (Å²) in [5.74, 6) is -0.272. The van der Waals surface area contributed by atoms with Crippen LogP contribution in [-0.4, -0.2) is 16.9 Å². The van der Waals surface area contributed by atoms with Gasteiger partial charge in [0.1, 0.15) is 0 Å². The molecule has 0 aromatic carbocycles. The SMILES string of the molecule is Cc1ccncc1NC(=O)C(C)C(C)N.Cl.Cl. The molecule has 0 aliphatic rings. The van der Waals surface area contributed by atoms with Crippen molar-refractivity contribution in [2.45, 2.75) is 26.8 Å². The van der Waals surface area contributed by atoms with Gasteiger partial charge in [0.25, 0.3) is 0 Å². The normalized spacial score (nSPS) is 12.7. The van der Waals surface area contributed by atoms with E-state index in [4.69, 9.17) is 5.73 Å². The van der Waals surface area contributed by atoms with Gasteiger partial charge in [-0.3, -0.25) is 9.78 Å². The second-order valence-corrected chi connectivity index (χ2v) is 3.83. The van der Waals surface area contributed by atoms with E-state index in [9.17, 15) is 4.79 Å². The van der Waals surface area contributed by atoms with Crippen LogP contribution in [0.3, 0.4) is 0 Å². The number of halogens is 2. The number of amides is 1. The molecule has 1 amide bonds. The van der Waals surface area contributed by atoms with Crippen LogP contribution < -0.4 is 11.1 Å². The monoisotopic (exact) mass is 279 g/mol. The highest BCUT2D eigenvalue weighted by molar-refractivity contribution is 5.93. The van der Waals surface area contributed by atoms with E-state index >= 15 is 0 Å². The number of pyridine rings is 1. The Morgan fingerprint density at radius 3 is 2.47 bits per heavy atom. The van der Waals surface area contributed by atoms with Crippen molar-refractivity contribution in [1.82, 2.24) is 4.98 Å². The molecule has 2 atom stereocenters. The van der Waals surface area contributed by atoms with Gasteiger partial charge in [0.15, 0.2) is 0 Å². The van der Waals surface area contributed by atoms with E-state index in [1.54, 1.807) is 12.4 Å². The van der Waals surface area contributed by atoms with Crippen LogP contribution in [0.2, 0.25) is 0 Å². The summed E-state index contributed by atoms with van der Waals surface area (Å²) in [5.41, 5.74) is 7.39. The molecule has 1 aromatic heterocycles. The van der Waals surface area contributed by atoms with Crippen LogP contribution in [0.25, 0.3) is 0 Å². The maximum atomic E-state index is 11.7. The van der Waals surface area contributed by atoms with E-state index in [1.807, 2.05) is 26.8 Å². The quantitative estimate of drug-likeness (QED) is 0.891. The van der Waals surface area contributed by atoms with Crippen LogP contribution in [0.5, 0.6) is 0 Å². The molecule has 98 valence electrons. The number of carbonyl (C=O) groups is 1. The molecule has 0 fully saturated rings. The van der Waals surface area contributed by atoms with Crippen LogP contribution in [0, 0.1) is 12.8 Å². The molecule has 1 rings (SSSR count). The van der Waals surface area contributed by atoms with Crippen LogP contribution in [0.4, 0.5) is 5.69 Å². The van der Waals surface area contributed by atoms with Crippen molar-refractivity contribution in [3.63, 3.8) is 0 Å². The minimum absolute atomic E-state index is 0. The number of hydrogen-bond donors (Lipinski definition) is 2. The fourth-order valence-electron chi connectivity index (χ4n) is 1.08. The van der Waals surface area contributed by atoms with Crippen molar-refractivity contribution in [2.24, 2.45) is 11.7 Å². The van der Waals surface area contributed by atoms with Crippen LogP contribution in [0.15, 0.2) is 18.5 Å². The Morgan fingerprint density at radius 2 is 2.00 bits per heavy atom. The molecule has 0 aliphatic heterocycles. The molecule has 4 nitrogen and oxygen atoms in total. The van der Waals surface area contributed by atoms with E-state index in [1.165, 1.54) is 0 Å². The summed E-state index contributed by atoms with van der Waals surface area (Å²) in [7, 11) is 0. The Balaban J connectivity index is 0. The summed E-state index contributed by atoms with van der Waals surface area (Å²) in [6.45, 7) is 5.56. The number of nitrogens with two attached hydrogens (primary N) is 1. The Labute approximate surface area is 114 Å². The van der Waals surface area contributed by atoms with Crippen molar-refractivity contribution in [3.05, 3.63) is 24.0 Å². The molecule has 2 unspecified atom stereocenters. The predicted octanol–water partition coefficient (Wildman–Crippen LogP) is 2.16. The highest BCUT2D eigenvalue weighted by atomic mass is 35.5. The van der Waals surface area contributed by atoms with Gasteiger partial charge in [0.2, 0.25) is 5.91 Å². The van der Waals surface area contributed by atoms with Gasteiger partial charge in [-0.15, -0.1) is 24.8 Å². The molecule has 1 aromatic rings. The zero-order valence-corrected chi connectivity index (χ0v) is 11.8. The number of aromatic nitrogens is 1. The molecule has 3 N–H and O–H groups in total. The van der Waals surface area contributed by atoms with Crippen LogP contribution in [-0.2, 0) is 4.79 Å².